The highest BCUT2D eigenvalue weighted by atomic mass is 15.0. The number of fused-ring (bicyclic) bond motifs is 8. The minimum atomic E-state index is 1.26. The maximum Gasteiger partial charge on any atom is 0.237 e. The SMILES string of the molecule is Cc1c2ccccc2c2ccc3c4ccccc4n4c5ccc[n+](C)c5c1c2c34. The van der Waals surface area contributed by atoms with Gasteiger partial charge in [0.05, 0.1) is 16.4 Å². The van der Waals surface area contributed by atoms with Crippen molar-refractivity contribution in [2.45, 2.75) is 6.92 Å². The summed E-state index contributed by atoms with van der Waals surface area (Å²) in [6.07, 6.45) is 2.16. The van der Waals surface area contributed by atoms with Crippen LogP contribution in [0.25, 0.3) is 59.8 Å². The van der Waals surface area contributed by atoms with E-state index in [1.165, 1.54) is 65.3 Å². The van der Waals surface area contributed by atoms with Crippen molar-refractivity contribution in [3.05, 3.63) is 84.6 Å². The molecule has 0 N–H and O–H groups in total. The molecule has 7 rings (SSSR count). The molecule has 0 unspecified atom stereocenters. The van der Waals surface area contributed by atoms with Gasteiger partial charge in [-0.1, -0.05) is 54.6 Å². The summed E-state index contributed by atoms with van der Waals surface area (Å²) in [5.41, 5.74) is 6.53. The summed E-state index contributed by atoms with van der Waals surface area (Å²) in [5.74, 6) is 0. The summed E-state index contributed by atoms with van der Waals surface area (Å²) in [6, 6.07) is 26.7. The second-order valence-electron chi connectivity index (χ2n) is 8.14. The number of nitrogens with zero attached hydrogens (tertiary/aromatic N) is 2. The minimum Gasteiger partial charge on any atom is -0.303 e. The van der Waals surface area contributed by atoms with E-state index in [-0.39, 0.29) is 0 Å². The highest BCUT2D eigenvalue weighted by Crippen LogP contribution is 2.44. The van der Waals surface area contributed by atoms with Gasteiger partial charge < -0.3 is 4.40 Å². The van der Waals surface area contributed by atoms with Gasteiger partial charge >= 0.3 is 0 Å². The number of rotatable bonds is 0. The lowest BCUT2D eigenvalue weighted by Gasteiger charge is -2.15. The monoisotopic (exact) mass is 371 g/mol. The van der Waals surface area contributed by atoms with Crippen LogP contribution in [0.5, 0.6) is 0 Å². The van der Waals surface area contributed by atoms with Crippen molar-refractivity contribution in [3.63, 3.8) is 0 Å². The first-order chi connectivity index (χ1) is 14.3. The third-order valence-electron chi connectivity index (χ3n) is 6.72. The van der Waals surface area contributed by atoms with E-state index in [0.29, 0.717) is 0 Å². The fourth-order valence-corrected chi connectivity index (χ4v) is 5.53. The molecule has 0 amide bonds. The zero-order valence-corrected chi connectivity index (χ0v) is 16.4. The molecule has 0 saturated heterocycles. The molecule has 0 aliphatic carbocycles. The molecule has 3 heterocycles. The van der Waals surface area contributed by atoms with Gasteiger partial charge in [-0.3, -0.25) is 0 Å². The number of aryl methyl sites for hydroxylation is 2. The molecular formula is C27H19N2+. The van der Waals surface area contributed by atoms with Crippen LogP contribution < -0.4 is 4.57 Å². The Morgan fingerprint density at radius 1 is 0.621 bits per heavy atom. The van der Waals surface area contributed by atoms with Crippen LogP contribution >= 0.6 is 0 Å². The van der Waals surface area contributed by atoms with Crippen LogP contribution in [0.4, 0.5) is 0 Å². The van der Waals surface area contributed by atoms with Gasteiger partial charge in [0.15, 0.2) is 6.20 Å². The molecule has 0 aliphatic rings. The first-order valence-corrected chi connectivity index (χ1v) is 10.1. The molecule has 3 aromatic heterocycles. The number of hydrogen-bond donors (Lipinski definition) is 0. The molecule has 29 heavy (non-hydrogen) atoms. The highest BCUT2D eigenvalue weighted by molar-refractivity contribution is 6.33. The topological polar surface area (TPSA) is 8.29 Å². The summed E-state index contributed by atoms with van der Waals surface area (Å²) in [5, 5.41) is 9.43. The first-order valence-electron chi connectivity index (χ1n) is 10.1. The Kier molecular flexibility index (Phi) is 2.66. The zero-order valence-electron chi connectivity index (χ0n) is 16.4. The summed E-state index contributed by atoms with van der Waals surface area (Å²) >= 11 is 0. The number of hydrogen-bond acceptors (Lipinski definition) is 0. The van der Waals surface area contributed by atoms with Gasteiger partial charge in [-0.15, -0.1) is 0 Å². The molecule has 0 aliphatic heterocycles. The number of para-hydroxylation sites is 1. The van der Waals surface area contributed by atoms with E-state index in [1.807, 2.05) is 0 Å². The van der Waals surface area contributed by atoms with Gasteiger partial charge in [-0.2, -0.15) is 4.57 Å². The Morgan fingerprint density at radius 2 is 1.31 bits per heavy atom. The van der Waals surface area contributed by atoms with E-state index in [0.717, 1.165) is 0 Å². The van der Waals surface area contributed by atoms with E-state index < -0.39 is 0 Å². The molecule has 2 heteroatoms. The lowest BCUT2D eigenvalue weighted by atomic mass is 9.91. The molecule has 0 bridgehead atoms. The maximum absolute atomic E-state index is 2.48. The molecule has 0 spiro atoms. The zero-order chi connectivity index (χ0) is 19.3. The standard InChI is InChI=1S/C27H19N2/c1-16-17-8-3-4-9-18(17)20-13-14-21-19-10-5-6-11-22(19)29-23-12-7-15-28(2)27(23)24(16)25(20)26(21)29/h3-15H,1-2H3/q+1. The normalized spacial score (nSPS) is 12.5. The summed E-state index contributed by atoms with van der Waals surface area (Å²) in [7, 11) is 2.16. The molecule has 0 atom stereocenters. The van der Waals surface area contributed by atoms with Gasteiger partial charge in [0, 0.05) is 22.2 Å². The van der Waals surface area contributed by atoms with Crippen LogP contribution in [0.3, 0.4) is 0 Å². The average molecular weight is 371 g/mol. The van der Waals surface area contributed by atoms with Crippen LogP contribution in [0.15, 0.2) is 79.0 Å². The smallest absolute Gasteiger partial charge is 0.237 e. The lowest BCUT2D eigenvalue weighted by Crippen LogP contribution is -2.29. The summed E-state index contributed by atoms with van der Waals surface area (Å²) in [4.78, 5) is 0. The van der Waals surface area contributed by atoms with Crippen molar-refractivity contribution in [1.29, 1.82) is 0 Å². The van der Waals surface area contributed by atoms with Crippen LogP contribution in [0, 0.1) is 6.92 Å². The second-order valence-corrected chi connectivity index (χ2v) is 8.14. The number of aromatic nitrogens is 2. The van der Waals surface area contributed by atoms with Gasteiger partial charge in [-0.05, 0) is 40.8 Å². The average Bonchev–Trinajstić information content (AvgIpc) is 3.10. The Morgan fingerprint density at radius 3 is 2.17 bits per heavy atom. The molecule has 136 valence electrons. The molecule has 7 aromatic rings. The summed E-state index contributed by atoms with van der Waals surface area (Å²) < 4.78 is 4.76. The van der Waals surface area contributed by atoms with Crippen LogP contribution in [0.1, 0.15) is 5.56 Å². The third-order valence-corrected chi connectivity index (χ3v) is 6.72. The van der Waals surface area contributed by atoms with Crippen molar-refractivity contribution in [2.75, 3.05) is 0 Å². The highest BCUT2D eigenvalue weighted by Gasteiger charge is 2.24. The molecule has 0 radical (unpaired) electrons. The van der Waals surface area contributed by atoms with Crippen LogP contribution in [-0.4, -0.2) is 4.40 Å². The van der Waals surface area contributed by atoms with E-state index in [4.69, 9.17) is 0 Å². The fourth-order valence-electron chi connectivity index (χ4n) is 5.53. The van der Waals surface area contributed by atoms with E-state index in [2.05, 4.69) is 102 Å². The van der Waals surface area contributed by atoms with Crippen molar-refractivity contribution in [3.8, 4) is 0 Å². The predicted octanol–water partition coefficient (Wildman–Crippen LogP) is 6.28. The quantitative estimate of drug-likeness (QED) is 0.169. The first kappa shape index (κ1) is 15.3. The van der Waals surface area contributed by atoms with Gasteiger partial charge in [0.2, 0.25) is 5.52 Å². The van der Waals surface area contributed by atoms with Gasteiger partial charge in [0.1, 0.15) is 12.6 Å². The van der Waals surface area contributed by atoms with Gasteiger partial charge in [-0.25, -0.2) is 0 Å². The Hall–Kier alpha value is -3.65. The Balaban J connectivity index is 2.02. The van der Waals surface area contributed by atoms with E-state index in [1.54, 1.807) is 0 Å². The minimum absolute atomic E-state index is 1.26. The predicted molar refractivity (Wildman–Crippen MR) is 122 cm³/mol. The van der Waals surface area contributed by atoms with Gasteiger partial charge in [0.25, 0.3) is 0 Å². The molecule has 2 nitrogen and oxygen atoms in total. The van der Waals surface area contributed by atoms with Crippen molar-refractivity contribution < 1.29 is 4.57 Å². The van der Waals surface area contributed by atoms with Crippen LogP contribution in [-0.2, 0) is 7.05 Å². The van der Waals surface area contributed by atoms with E-state index >= 15 is 0 Å². The molecule has 0 saturated carbocycles. The number of pyridine rings is 2. The maximum atomic E-state index is 2.48. The third kappa shape index (κ3) is 1.67. The lowest BCUT2D eigenvalue weighted by molar-refractivity contribution is -0.644. The molecule has 0 fully saturated rings. The number of benzene rings is 4. The molecular weight excluding hydrogens is 352 g/mol. The second kappa shape index (κ2) is 5.03. The van der Waals surface area contributed by atoms with Crippen LogP contribution in [0.2, 0.25) is 0 Å². The van der Waals surface area contributed by atoms with Crippen molar-refractivity contribution >= 4 is 59.8 Å². The summed E-state index contributed by atoms with van der Waals surface area (Å²) in [6.45, 7) is 2.28. The largest absolute Gasteiger partial charge is 0.303 e. The fraction of sp³-hybridized carbons (Fsp3) is 0.0741. The molecule has 4 aromatic carbocycles. The van der Waals surface area contributed by atoms with Crippen molar-refractivity contribution in [2.24, 2.45) is 7.05 Å². The Bertz CT molecular complexity index is 1770. The Labute approximate surface area is 167 Å². The van der Waals surface area contributed by atoms with Crippen molar-refractivity contribution in [1.82, 2.24) is 4.40 Å². The van der Waals surface area contributed by atoms with E-state index in [9.17, 15) is 0 Å².